The van der Waals surface area contributed by atoms with Gasteiger partial charge in [-0.25, -0.2) is 0 Å². The van der Waals surface area contributed by atoms with Crippen LogP contribution < -0.4 is 5.73 Å². The number of nitrogens with two attached hydrogens (primary N) is 1. The number of rotatable bonds is 7. The van der Waals surface area contributed by atoms with Gasteiger partial charge in [0.15, 0.2) is 0 Å². The van der Waals surface area contributed by atoms with Crippen LogP contribution in [-0.2, 0) is 4.74 Å². The molecule has 0 rings (SSSR count). The lowest BCUT2D eigenvalue weighted by atomic mass is 10.1. The second-order valence-electron chi connectivity index (χ2n) is 3.95. The maximum absolute atomic E-state index is 6.04. The van der Waals surface area contributed by atoms with Gasteiger partial charge in [0, 0.05) is 25.2 Å². The third-order valence-corrected chi connectivity index (χ3v) is 2.95. The minimum atomic E-state index is 0.259. The summed E-state index contributed by atoms with van der Waals surface area (Å²) in [6, 6.07) is 1.13. The van der Waals surface area contributed by atoms with Gasteiger partial charge in [0.05, 0.1) is 6.61 Å². The molecule has 0 bridgehead atoms. The van der Waals surface area contributed by atoms with Gasteiger partial charge in [0.1, 0.15) is 0 Å². The molecular weight excluding hydrogens is 176 g/mol. The average molecular weight is 202 g/mol. The van der Waals surface area contributed by atoms with E-state index in [4.69, 9.17) is 10.5 Å². The maximum Gasteiger partial charge on any atom is 0.0615 e. The first kappa shape index (κ1) is 13.9. The lowest BCUT2D eigenvalue weighted by Gasteiger charge is -2.36. The highest BCUT2D eigenvalue weighted by atomic mass is 16.5. The molecule has 0 heterocycles. The molecule has 0 aromatic carbocycles. The first-order valence-electron chi connectivity index (χ1n) is 5.58. The molecule has 14 heavy (non-hydrogen) atoms. The molecule has 0 saturated heterocycles. The quantitative estimate of drug-likeness (QED) is 0.679. The summed E-state index contributed by atoms with van der Waals surface area (Å²) in [6.07, 6.45) is 1.03. The van der Waals surface area contributed by atoms with E-state index in [9.17, 15) is 0 Å². The van der Waals surface area contributed by atoms with Crippen molar-refractivity contribution in [1.29, 1.82) is 0 Å². The molecule has 0 amide bonds. The van der Waals surface area contributed by atoms with Crippen molar-refractivity contribution in [3.63, 3.8) is 0 Å². The minimum Gasteiger partial charge on any atom is -0.383 e. The van der Waals surface area contributed by atoms with Crippen molar-refractivity contribution >= 4 is 0 Å². The Labute approximate surface area is 88.6 Å². The van der Waals surface area contributed by atoms with Gasteiger partial charge in [0.2, 0.25) is 0 Å². The largest absolute Gasteiger partial charge is 0.383 e. The van der Waals surface area contributed by atoms with E-state index < -0.39 is 0 Å². The molecule has 0 radical (unpaired) electrons. The molecule has 3 nitrogen and oxygen atoms in total. The van der Waals surface area contributed by atoms with E-state index in [0.717, 1.165) is 19.6 Å². The Morgan fingerprint density at radius 2 is 1.86 bits per heavy atom. The van der Waals surface area contributed by atoms with E-state index in [0.29, 0.717) is 12.1 Å². The summed E-state index contributed by atoms with van der Waals surface area (Å²) in [5.74, 6) is 0. The lowest BCUT2D eigenvalue weighted by molar-refractivity contribution is 0.0696. The summed E-state index contributed by atoms with van der Waals surface area (Å²) < 4.78 is 5.17. The molecule has 0 spiro atoms. The third kappa shape index (κ3) is 3.95. The van der Waals surface area contributed by atoms with Gasteiger partial charge in [-0.2, -0.15) is 0 Å². The van der Waals surface area contributed by atoms with Gasteiger partial charge in [-0.3, -0.25) is 4.90 Å². The smallest absolute Gasteiger partial charge is 0.0615 e. The fraction of sp³-hybridized carbons (Fsp3) is 1.00. The number of ether oxygens (including phenoxy) is 1. The molecule has 3 atom stereocenters. The zero-order valence-electron chi connectivity index (χ0n) is 10.3. The maximum atomic E-state index is 6.04. The monoisotopic (exact) mass is 202 g/mol. The van der Waals surface area contributed by atoms with Gasteiger partial charge in [-0.15, -0.1) is 0 Å². The van der Waals surface area contributed by atoms with E-state index in [2.05, 4.69) is 32.6 Å². The van der Waals surface area contributed by atoms with E-state index in [1.54, 1.807) is 7.11 Å². The third-order valence-electron chi connectivity index (χ3n) is 2.95. The zero-order chi connectivity index (χ0) is 11.1. The van der Waals surface area contributed by atoms with Gasteiger partial charge >= 0.3 is 0 Å². The van der Waals surface area contributed by atoms with Crippen molar-refractivity contribution < 1.29 is 4.74 Å². The minimum absolute atomic E-state index is 0.259. The SMILES string of the molecule is CCC(N)C(C)N(CC)C(C)COC. The fourth-order valence-corrected chi connectivity index (χ4v) is 1.93. The van der Waals surface area contributed by atoms with Crippen LogP contribution in [0.1, 0.15) is 34.1 Å². The summed E-state index contributed by atoms with van der Waals surface area (Å²) in [5.41, 5.74) is 6.04. The van der Waals surface area contributed by atoms with E-state index in [1.807, 2.05) is 0 Å². The second-order valence-corrected chi connectivity index (χ2v) is 3.95. The number of hydrogen-bond donors (Lipinski definition) is 1. The van der Waals surface area contributed by atoms with E-state index >= 15 is 0 Å². The van der Waals surface area contributed by atoms with Crippen LogP contribution in [0.15, 0.2) is 0 Å². The molecule has 3 heteroatoms. The summed E-state index contributed by atoms with van der Waals surface area (Å²) in [5, 5.41) is 0. The Bertz CT molecular complexity index is 141. The Kier molecular flexibility index (Phi) is 7.15. The van der Waals surface area contributed by atoms with Crippen LogP contribution in [0.25, 0.3) is 0 Å². The summed E-state index contributed by atoms with van der Waals surface area (Å²) >= 11 is 0. The Morgan fingerprint density at radius 1 is 1.29 bits per heavy atom. The molecule has 0 aliphatic rings. The second kappa shape index (κ2) is 7.21. The molecule has 0 saturated carbocycles. The summed E-state index contributed by atoms with van der Waals surface area (Å²) in [6.45, 7) is 10.5. The van der Waals surface area contributed by atoms with E-state index in [1.165, 1.54) is 0 Å². The molecule has 3 unspecified atom stereocenters. The lowest BCUT2D eigenvalue weighted by Crippen LogP contribution is -2.50. The summed E-state index contributed by atoms with van der Waals surface area (Å²) in [7, 11) is 1.74. The highest BCUT2D eigenvalue weighted by Crippen LogP contribution is 2.10. The number of likely N-dealkylation sites (N-methyl/N-ethyl adjacent to an activating group) is 1. The predicted molar refractivity (Wildman–Crippen MR) is 61.4 cm³/mol. The van der Waals surface area contributed by atoms with Crippen LogP contribution >= 0.6 is 0 Å². The Hall–Kier alpha value is -0.120. The number of methoxy groups -OCH3 is 1. The molecule has 2 N–H and O–H groups in total. The average Bonchev–Trinajstić information content (AvgIpc) is 2.18. The highest BCUT2D eigenvalue weighted by molar-refractivity contribution is 4.80. The van der Waals surface area contributed by atoms with Crippen LogP contribution in [0, 0.1) is 0 Å². The Balaban J connectivity index is 4.23. The summed E-state index contributed by atoms with van der Waals surface area (Å²) in [4.78, 5) is 2.40. The first-order valence-corrected chi connectivity index (χ1v) is 5.58. The van der Waals surface area contributed by atoms with Crippen molar-refractivity contribution in [1.82, 2.24) is 4.90 Å². The fourth-order valence-electron chi connectivity index (χ4n) is 1.93. The van der Waals surface area contributed by atoms with Gasteiger partial charge in [0.25, 0.3) is 0 Å². The van der Waals surface area contributed by atoms with Crippen LogP contribution in [0.4, 0.5) is 0 Å². The van der Waals surface area contributed by atoms with Crippen molar-refractivity contribution in [2.45, 2.75) is 52.2 Å². The Morgan fingerprint density at radius 3 is 2.21 bits per heavy atom. The van der Waals surface area contributed by atoms with Crippen molar-refractivity contribution in [3.05, 3.63) is 0 Å². The molecule has 0 aliphatic heterocycles. The highest BCUT2D eigenvalue weighted by Gasteiger charge is 2.22. The van der Waals surface area contributed by atoms with Crippen molar-refractivity contribution in [3.8, 4) is 0 Å². The standard InChI is InChI=1S/C11H26N2O/c1-6-11(12)10(4)13(7-2)9(3)8-14-5/h9-11H,6-8,12H2,1-5H3. The van der Waals surface area contributed by atoms with Gasteiger partial charge in [-0.1, -0.05) is 13.8 Å². The molecule has 86 valence electrons. The molecule has 0 aliphatic carbocycles. The van der Waals surface area contributed by atoms with Crippen molar-refractivity contribution in [2.75, 3.05) is 20.3 Å². The van der Waals surface area contributed by atoms with Crippen LogP contribution in [0.3, 0.4) is 0 Å². The van der Waals surface area contributed by atoms with Crippen LogP contribution in [-0.4, -0.2) is 43.3 Å². The van der Waals surface area contributed by atoms with Crippen molar-refractivity contribution in [2.24, 2.45) is 5.73 Å². The molecular formula is C11H26N2O. The van der Waals surface area contributed by atoms with E-state index in [-0.39, 0.29) is 6.04 Å². The molecule has 0 aromatic heterocycles. The normalized spacial score (nSPS) is 18.2. The number of hydrogen-bond acceptors (Lipinski definition) is 3. The van der Waals surface area contributed by atoms with Crippen LogP contribution in [0.5, 0.6) is 0 Å². The molecule has 0 fully saturated rings. The predicted octanol–water partition coefficient (Wildman–Crippen LogP) is 1.47. The molecule has 0 aromatic rings. The van der Waals surface area contributed by atoms with Crippen LogP contribution in [0.2, 0.25) is 0 Å². The zero-order valence-corrected chi connectivity index (χ0v) is 10.3. The number of nitrogens with zero attached hydrogens (tertiary/aromatic N) is 1. The topological polar surface area (TPSA) is 38.5 Å². The van der Waals surface area contributed by atoms with Gasteiger partial charge < -0.3 is 10.5 Å². The van der Waals surface area contributed by atoms with Gasteiger partial charge in [-0.05, 0) is 26.8 Å². The first-order chi connectivity index (χ1) is 6.58.